The number of benzene rings is 2. The first-order valence-electron chi connectivity index (χ1n) is 10.9. The fourth-order valence-electron chi connectivity index (χ4n) is 4.51. The molecule has 0 spiro atoms. The molecular weight excluding hydrogens is 358 g/mol. The first kappa shape index (κ1) is 20.1. The molecule has 2 aliphatic heterocycles. The topological polar surface area (TPSA) is 26.8 Å². The maximum absolute atomic E-state index is 13.0. The zero-order valence-corrected chi connectivity index (χ0v) is 18.0. The summed E-state index contributed by atoms with van der Waals surface area (Å²) in [5, 5.41) is 0. The van der Waals surface area contributed by atoms with Gasteiger partial charge in [0, 0.05) is 50.9 Å². The molecule has 2 heterocycles. The monoisotopic (exact) mass is 391 g/mol. The summed E-state index contributed by atoms with van der Waals surface area (Å²) in [5.74, 6) is 1.24. The number of rotatable bonds is 5. The van der Waals surface area contributed by atoms with Crippen molar-refractivity contribution in [1.29, 1.82) is 0 Å². The quantitative estimate of drug-likeness (QED) is 0.768. The molecule has 1 atom stereocenters. The molecule has 1 unspecified atom stereocenters. The fourth-order valence-corrected chi connectivity index (χ4v) is 4.51. The highest BCUT2D eigenvalue weighted by atomic mass is 16.2. The molecule has 0 aliphatic carbocycles. The standard InChI is InChI=1S/C25H33N3O/c1-19(2)22-10-8-21(9-11-22)17-26-12-14-27(15-13-26)18-25(29)28-16-20(3)23-6-4-5-7-24(23)28/h4-11,19-20H,12-18H2,1-3H3. The largest absolute Gasteiger partial charge is 0.310 e. The number of hydrogen-bond acceptors (Lipinski definition) is 3. The van der Waals surface area contributed by atoms with Crippen molar-refractivity contribution in [3.05, 3.63) is 65.2 Å². The lowest BCUT2D eigenvalue weighted by atomic mass is 10.0. The van der Waals surface area contributed by atoms with Crippen molar-refractivity contribution < 1.29 is 4.79 Å². The van der Waals surface area contributed by atoms with Gasteiger partial charge in [-0.15, -0.1) is 0 Å². The van der Waals surface area contributed by atoms with E-state index in [-0.39, 0.29) is 5.91 Å². The third-order valence-corrected chi connectivity index (χ3v) is 6.39. The van der Waals surface area contributed by atoms with Crippen LogP contribution in [0, 0.1) is 0 Å². The van der Waals surface area contributed by atoms with Gasteiger partial charge in [-0.05, 0) is 28.7 Å². The van der Waals surface area contributed by atoms with Crippen molar-refractivity contribution in [2.75, 3.05) is 44.2 Å². The molecule has 1 saturated heterocycles. The maximum Gasteiger partial charge on any atom is 0.241 e. The van der Waals surface area contributed by atoms with E-state index in [2.05, 4.69) is 73.0 Å². The van der Waals surface area contributed by atoms with E-state index in [0.29, 0.717) is 18.4 Å². The molecule has 0 radical (unpaired) electrons. The average molecular weight is 392 g/mol. The van der Waals surface area contributed by atoms with Crippen LogP contribution in [0.15, 0.2) is 48.5 Å². The lowest BCUT2D eigenvalue weighted by molar-refractivity contribution is -0.120. The van der Waals surface area contributed by atoms with E-state index in [1.54, 1.807) is 0 Å². The Morgan fingerprint density at radius 3 is 2.31 bits per heavy atom. The van der Waals surface area contributed by atoms with Crippen molar-refractivity contribution in [3.63, 3.8) is 0 Å². The van der Waals surface area contributed by atoms with Gasteiger partial charge in [-0.25, -0.2) is 0 Å². The number of fused-ring (bicyclic) bond motifs is 1. The second-order valence-electron chi connectivity index (χ2n) is 8.91. The van der Waals surface area contributed by atoms with E-state index in [1.165, 1.54) is 16.7 Å². The molecule has 2 aliphatic rings. The van der Waals surface area contributed by atoms with Crippen molar-refractivity contribution in [1.82, 2.24) is 9.80 Å². The zero-order chi connectivity index (χ0) is 20.4. The van der Waals surface area contributed by atoms with Crippen LogP contribution in [0.25, 0.3) is 0 Å². The number of hydrogen-bond donors (Lipinski definition) is 0. The van der Waals surface area contributed by atoms with Crippen LogP contribution in [-0.2, 0) is 11.3 Å². The van der Waals surface area contributed by atoms with Crippen LogP contribution < -0.4 is 4.90 Å². The van der Waals surface area contributed by atoms with Crippen molar-refractivity contribution in [2.45, 2.75) is 39.2 Å². The molecule has 4 rings (SSSR count). The van der Waals surface area contributed by atoms with Gasteiger partial charge >= 0.3 is 0 Å². The Labute approximate surface area is 175 Å². The number of para-hydroxylation sites is 1. The summed E-state index contributed by atoms with van der Waals surface area (Å²) in [4.78, 5) is 19.8. The molecule has 29 heavy (non-hydrogen) atoms. The lowest BCUT2D eigenvalue weighted by Crippen LogP contribution is -2.49. The number of anilines is 1. The van der Waals surface area contributed by atoms with Gasteiger partial charge in [0.15, 0.2) is 0 Å². The number of amides is 1. The van der Waals surface area contributed by atoms with Crippen LogP contribution in [-0.4, -0.2) is 55.0 Å². The van der Waals surface area contributed by atoms with Crippen molar-refractivity contribution in [2.24, 2.45) is 0 Å². The third-order valence-electron chi connectivity index (χ3n) is 6.39. The summed E-state index contributed by atoms with van der Waals surface area (Å²) in [5.41, 5.74) is 5.18. The summed E-state index contributed by atoms with van der Waals surface area (Å²) in [6.45, 7) is 13.0. The molecule has 0 saturated carbocycles. The number of carbonyl (C=O) groups is 1. The average Bonchev–Trinajstić information content (AvgIpc) is 3.07. The molecule has 0 N–H and O–H groups in total. The number of carbonyl (C=O) groups excluding carboxylic acids is 1. The minimum Gasteiger partial charge on any atom is -0.310 e. The smallest absolute Gasteiger partial charge is 0.241 e. The maximum atomic E-state index is 13.0. The zero-order valence-electron chi connectivity index (χ0n) is 18.0. The minimum atomic E-state index is 0.236. The number of piperazine rings is 1. The van der Waals surface area contributed by atoms with Gasteiger partial charge in [0.25, 0.3) is 0 Å². The SMILES string of the molecule is CC(C)c1ccc(CN2CCN(CC(=O)N3CC(C)c4ccccc43)CC2)cc1. The molecule has 0 aromatic heterocycles. The van der Waals surface area contributed by atoms with Crippen LogP contribution in [0.3, 0.4) is 0 Å². The number of nitrogens with zero attached hydrogens (tertiary/aromatic N) is 3. The first-order chi connectivity index (χ1) is 14.0. The van der Waals surface area contributed by atoms with E-state index >= 15 is 0 Å². The normalized spacial score (nSPS) is 20.3. The predicted octanol–water partition coefficient (Wildman–Crippen LogP) is 4.08. The van der Waals surface area contributed by atoms with Crippen molar-refractivity contribution >= 4 is 11.6 Å². The lowest BCUT2D eigenvalue weighted by Gasteiger charge is -2.35. The van der Waals surface area contributed by atoms with Crippen LogP contribution in [0.2, 0.25) is 0 Å². The molecule has 0 bridgehead atoms. The highest BCUT2D eigenvalue weighted by Crippen LogP contribution is 2.35. The molecule has 4 nitrogen and oxygen atoms in total. The third kappa shape index (κ3) is 4.54. The van der Waals surface area contributed by atoms with Crippen LogP contribution in [0.5, 0.6) is 0 Å². The van der Waals surface area contributed by atoms with Crippen molar-refractivity contribution in [3.8, 4) is 0 Å². The van der Waals surface area contributed by atoms with Gasteiger partial charge in [0.2, 0.25) is 5.91 Å². The Morgan fingerprint density at radius 2 is 1.62 bits per heavy atom. The second-order valence-corrected chi connectivity index (χ2v) is 8.91. The summed E-state index contributed by atoms with van der Waals surface area (Å²) in [6, 6.07) is 17.4. The van der Waals surface area contributed by atoms with E-state index in [1.807, 2.05) is 11.0 Å². The van der Waals surface area contributed by atoms with E-state index in [0.717, 1.165) is 45.0 Å². The summed E-state index contributed by atoms with van der Waals surface area (Å²) in [7, 11) is 0. The molecule has 1 amide bonds. The Kier molecular flexibility index (Phi) is 6.02. The van der Waals surface area contributed by atoms with E-state index in [4.69, 9.17) is 0 Å². The summed E-state index contributed by atoms with van der Waals surface area (Å²) in [6.07, 6.45) is 0. The predicted molar refractivity (Wildman–Crippen MR) is 119 cm³/mol. The molecular formula is C25H33N3O. The minimum absolute atomic E-state index is 0.236. The highest BCUT2D eigenvalue weighted by molar-refractivity contribution is 5.97. The van der Waals surface area contributed by atoms with Gasteiger partial charge in [0.1, 0.15) is 0 Å². The fraction of sp³-hybridized carbons (Fsp3) is 0.480. The second kappa shape index (κ2) is 8.68. The van der Waals surface area contributed by atoms with Crippen LogP contribution in [0.4, 0.5) is 5.69 Å². The Morgan fingerprint density at radius 1 is 0.966 bits per heavy atom. The highest BCUT2D eigenvalue weighted by Gasteiger charge is 2.30. The Balaban J connectivity index is 1.27. The molecule has 1 fully saturated rings. The van der Waals surface area contributed by atoms with Crippen LogP contribution >= 0.6 is 0 Å². The van der Waals surface area contributed by atoms with Gasteiger partial charge in [-0.1, -0.05) is 63.2 Å². The summed E-state index contributed by atoms with van der Waals surface area (Å²) < 4.78 is 0. The van der Waals surface area contributed by atoms with Gasteiger partial charge in [-0.2, -0.15) is 0 Å². The van der Waals surface area contributed by atoms with Gasteiger partial charge in [-0.3, -0.25) is 14.6 Å². The molecule has 2 aromatic rings. The molecule has 154 valence electrons. The van der Waals surface area contributed by atoms with Crippen LogP contribution in [0.1, 0.15) is 49.3 Å². The van der Waals surface area contributed by atoms with Gasteiger partial charge < -0.3 is 4.90 Å². The van der Waals surface area contributed by atoms with Gasteiger partial charge in [0.05, 0.1) is 6.54 Å². The van der Waals surface area contributed by atoms with E-state index < -0.39 is 0 Å². The Hall–Kier alpha value is -2.17. The molecule has 2 aromatic carbocycles. The molecule has 4 heteroatoms. The Bertz CT molecular complexity index is 837. The summed E-state index contributed by atoms with van der Waals surface area (Å²) >= 11 is 0. The first-order valence-corrected chi connectivity index (χ1v) is 10.9. The van der Waals surface area contributed by atoms with E-state index in [9.17, 15) is 4.79 Å².